The second-order valence-corrected chi connectivity index (χ2v) is 7.95. The van der Waals surface area contributed by atoms with Crippen LogP contribution in [0.15, 0.2) is 5.03 Å². The van der Waals surface area contributed by atoms with Gasteiger partial charge in [0.25, 0.3) is 10.0 Å². The zero-order valence-electron chi connectivity index (χ0n) is 12.2. The van der Waals surface area contributed by atoms with Crippen molar-refractivity contribution >= 4 is 21.6 Å². The SMILES string of the molecule is CCC1(C)CCN(S(=O)(=O)c2n[nH]c(C)c2CCl)CC1. The van der Waals surface area contributed by atoms with Crippen molar-refractivity contribution in [1.29, 1.82) is 0 Å². The summed E-state index contributed by atoms with van der Waals surface area (Å²) in [4.78, 5) is 0. The average Bonchev–Trinajstić information content (AvgIpc) is 2.81. The fraction of sp³-hybridized carbons (Fsp3) is 0.769. The number of aryl methyl sites for hydroxylation is 1. The Morgan fingerprint density at radius 1 is 1.40 bits per heavy atom. The smallest absolute Gasteiger partial charge is 0.262 e. The van der Waals surface area contributed by atoms with Gasteiger partial charge in [0.05, 0.1) is 5.88 Å². The Kier molecular flexibility index (Phi) is 4.47. The van der Waals surface area contributed by atoms with Gasteiger partial charge in [-0.05, 0) is 25.2 Å². The Morgan fingerprint density at radius 2 is 2.00 bits per heavy atom. The van der Waals surface area contributed by atoms with E-state index in [0.29, 0.717) is 24.3 Å². The number of aromatic amines is 1. The first-order valence-electron chi connectivity index (χ1n) is 6.94. The van der Waals surface area contributed by atoms with Crippen molar-refractivity contribution in [3.63, 3.8) is 0 Å². The lowest BCUT2D eigenvalue weighted by atomic mass is 9.79. The van der Waals surface area contributed by atoms with E-state index in [4.69, 9.17) is 11.6 Å². The van der Waals surface area contributed by atoms with Crippen LogP contribution in [-0.2, 0) is 15.9 Å². The second-order valence-electron chi connectivity index (χ2n) is 5.83. The van der Waals surface area contributed by atoms with Gasteiger partial charge in [0.1, 0.15) is 0 Å². The monoisotopic (exact) mass is 319 g/mol. The molecule has 0 spiro atoms. The normalized spacial score (nSPS) is 20.2. The largest absolute Gasteiger partial charge is 0.281 e. The van der Waals surface area contributed by atoms with Crippen molar-refractivity contribution in [3.8, 4) is 0 Å². The molecule has 1 N–H and O–H groups in total. The lowest BCUT2D eigenvalue weighted by molar-refractivity contribution is 0.168. The van der Waals surface area contributed by atoms with Crippen molar-refractivity contribution in [2.75, 3.05) is 13.1 Å². The average molecular weight is 320 g/mol. The molecule has 0 radical (unpaired) electrons. The van der Waals surface area contributed by atoms with Crippen molar-refractivity contribution < 1.29 is 8.42 Å². The van der Waals surface area contributed by atoms with E-state index in [1.807, 2.05) is 0 Å². The molecule has 0 bridgehead atoms. The number of nitrogens with one attached hydrogen (secondary N) is 1. The highest BCUT2D eigenvalue weighted by Crippen LogP contribution is 2.36. The molecular formula is C13H22ClN3O2S. The maximum atomic E-state index is 12.7. The predicted molar refractivity (Wildman–Crippen MR) is 79.3 cm³/mol. The number of nitrogens with zero attached hydrogens (tertiary/aromatic N) is 2. The van der Waals surface area contributed by atoms with Gasteiger partial charge in [-0.15, -0.1) is 11.6 Å². The van der Waals surface area contributed by atoms with Crippen LogP contribution in [0.1, 0.15) is 44.4 Å². The second kappa shape index (κ2) is 5.66. The first-order chi connectivity index (χ1) is 9.34. The summed E-state index contributed by atoms with van der Waals surface area (Å²) in [5.41, 5.74) is 1.55. The highest BCUT2D eigenvalue weighted by atomic mass is 35.5. The van der Waals surface area contributed by atoms with Crippen LogP contribution in [0.3, 0.4) is 0 Å². The summed E-state index contributed by atoms with van der Waals surface area (Å²) in [6.45, 7) is 7.28. The van der Waals surface area contributed by atoms with Crippen molar-refractivity contribution in [3.05, 3.63) is 11.3 Å². The van der Waals surface area contributed by atoms with E-state index in [1.165, 1.54) is 4.31 Å². The number of alkyl halides is 1. The summed E-state index contributed by atoms with van der Waals surface area (Å²) in [6, 6.07) is 0. The number of sulfonamides is 1. The molecule has 2 heterocycles. The van der Waals surface area contributed by atoms with Crippen LogP contribution in [0.25, 0.3) is 0 Å². The maximum Gasteiger partial charge on any atom is 0.262 e. The molecular weight excluding hydrogens is 298 g/mol. The van der Waals surface area contributed by atoms with Crippen LogP contribution in [0, 0.1) is 12.3 Å². The number of hydrogen-bond acceptors (Lipinski definition) is 3. The van der Waals surface area contributed by atoms with E-state index in [-0.39, 0.29) is 16.3 Å². The Balaban J connectivity index is 2.24. The number of halogens is 1. The van der Waals surface area contributed by atoms with Gasteiger partial charge in [0, 0.05) is 24.3 Å². The van der Waals surface area contributed by atoms with E-state index >= 15 is 0 Å². The number of aromatic nitrogens is 2. The van der Waals surface area contributed by atoms with E-state index in [2.05, 4.69) is 24.0 Å². The first kappa shape index (κ1) is 15.8. The molecule has 1 aliphatic rings. The minimum Gasteiger partial charge on any atom is -0.281 e. The zero-order chi connectivity index (χ0) is 15.0. The molecule has 1 aliphatic heterocycles. The summed E-state index contributed by atoms with van der Waals surface area (Å²) < 4.78 is 26.9. The lowest BCUT2D eigenvalue weighted by Gasteiger charge is -2.37. The zero-order valence-corrected chi connectivity index (χ0v) is 13.8. The van der Waals surface area contributed by atoms with Crippen LogP contribution in [0.4, 0.5) is 0 Å². The minimum absolute atomic E-state index is 0.0881. The van der Waals surface area contributed by atoms with Crippen molar-refractivity contribution in [1.82, 2.24) is 14.5 Å². The first-order valence-corrected chi connectivity index (χ1v) is 8.91. The van der Waals surface area contributed by atoms with Crippen LogP contribution in [-0.4, -0.2) is 36.0 Å². The Labute approximate surface area is 125 Å². The number of hydrogen-bond donors (Lipinski definition) is 1. The summed E-state index contributed by atoms with van der Waals surface area (Å²) in [5.74, 6) is 0.150. The molecule has 1 aromatic rings. The number of piperidine rings is 1. The fourth-order valence-corrected chi connectivity index (χ4v) is 4.55. The third kappa shape index (κ3) is 2.73. The molecule has 1 saturated heterocycles. The molecule has 7 heteroatoms. The molecule has 114 valence electrons. The van der Waals surface area contributed by atoms with Crippen LogP contribution >= 0.6 is 11.6 Å². The minimum atomic E-state index is -3.54. The topological polar surface area (TPSA) is 66.1 Å². The third-order valence-electron chi connectivity index (χ3n) is 4.54. The van der Waals surface area contributed by atoms with Gasteiger partial charge in [-0.25, -0.2) is 8.42 Å². The molecule has 1 fully saturated rings. The van der Waals surface area contributed by atoms with Crippen LogP contribution in [0.5, 0.6) is 0 Å². The Morgan fingerprint density at radius 3 is 2.50 bits per heavy atom. The van der Waals surface area contributed by atoms with Gasteiger partial charge >= 0.3 is 0 Å². The molecule has 2 rings (SSSR count). The van der Waals surface area contributed by atoms with Gasteiger partial charge in [0.15, 0.2) is 5.03 Å². The fourth-order valence-electron chi connectivity index (χ4n) is 2.54. The van der Waals surface area contributed by atoms with E-state index in [9.17, 15) is 8.42 Å². The van der Waals surface area contributed by atoms with E-state index in [1.54, 1.807) is 6.92 Å². The van der Waals surface area contributed by atoms with Crippen molar-refractivity contribution in [2.45, 2.75) is 50.9 Å². The van der Waals surface area contributed by atoms with Gasteiger partial charge < -0.3 is 0 Å². The third-order valence-corrected chi connectivity index (χ3v) is 6.68. The molecule has 0 atom stereocenters. The lowest BCUT2D eigenvalue weighted by Crippen LogP contribution is -2.42. The summed E-state index contributed by atoms with van der Waals surface area (Å²) >= 11 is 5.85. The Hall–Kier alpha value is -0.590. The highest BCUT2D eigenvalue weighted by molar-refractivity contribution is 7.89. The molecule has 1 aromatic heterocycles. The summed E-state index contributed by atoms with van der Waals surface area (Å²) in [6.07, 6.45) is 2.86. The molecule has 0 unspecified atom stereocenters. The van der Waals surface area contributed by atoms with Gasteiger partial charge in [-0.1, -0.05) is 20.3 Å². The molecule has 0 aliphatic carbocycles. The molecule has 20 heavy (non-hydrogen) atoms. The summed E-state index contributed by atoms with van der Waals surface area (Å²) in [7, 11) is -3.54. The highest BCUT2D eigenvalue weighted by Gasteiger charge is 2.36. The molecule has 0 saturated carbocycles. The molecule has 5 nitrogen and oxygen atoms in total. The van der Waals surface area contributed by atoms with E-state index in [0.717, 1.165) is 19.3 Å². The quantitative estimate of drug-likeness (QED) is 0.868. The molecule has 0 amide bonds. The van der Waals surface area contributed by atoms with Gasteiger partial charge in [-0.3, -0.25) is 5.10 Å². The maximum absolute atomic E-state index is 12.7. The standard InChI is InChI=1S/C13H22ClN3O2S/c1-4-13(3)5-7-17(8-6-13)20(18,19)12-11(9-14)10(2)15-16-12/h4-9H2,1-3H3,(H,15,16). The molecule has 0 aromatic carbocycles. The Bertz CT molecular complexity index is 574. The van der Waals surface area contributed by atoms with Crippen LogP contribution < -0.4 is 0 Å². The van der Waals surface area contributed by atoms with E-state index < -0.39 is 10.0 Å². The predicted octanol–water partition coefficient (Wildman–Crippen LogP) is 2.66. The summed E-state index contributed by atoms with van der Waals surface area (Å²) in [5, 5.41) is 6.76. The van der Waals surface area contributed by atoms with Gasteiger partial charge in [-0.2, -0.15) is 9.40 Å². The van der Waals surface area contributed by atoms with Gasteiger partial charge in [0.2, 0.25) is 0 Å². The van der Waals surface area contributed by atoms with Crippen LogP contribution in [0.2, 0.25) is 0 Å². The number of H-pyrrole nitrogens is 1. The van der Waals surface area contributed by atoms with Crippen molar-refractivity contribution in [2.24, 2.45) is 5.41 Å². The number of rotatable bonds is 4.